The Balaban J connectivity index is 0. The molecule has 0 saturated carbocycles. The van der Waals surface area contributed by atoms with Crippen LogP contribution in [0.2, 0.25) is 0 Å². The number of carboxylic acid groups (broad SMARTS) is 1. The van der Waals surface area contributed by atoms with Crippen molar-refractivity contribution in [3.63, 3.8) is 0 Å². The van der Waals surface area contributed by atoms with Gasteiger partial charge in [0.2, 0.25) is 0 Å². The average molecular weight is 470 g/mol. The summed E-state index contributed by atoms with van der Waals surface area (Å²) < 4.78 is 0. The number of carboxylic acids is 1. The summed E-state index contributed by atoms with van der Waals surface area (Å²) in [5, 5.41) is 12.1. The van der Waals surface area contributed by atoms with E-state index in [1.807, 2.05) is 0 Å². The predicted octanol–water partition coefficient (Wildman–Crippen LogP) is 10.1. The zero-order valence-corrected chi connectivity index (χ0v) is 23.6. The number of hydrogen-bond acceptors (Lipinski definition) is 2. The zero-order valence-electron chi connectivity index (χ0n) is 23.6. The summed E-state index contributed by atoms with van der Waals surface area (Å²) in [6.07, 6.45) is 28.5. The minimum Gasteiger partial charge on any atom is -0.481 e. The molecule has 0 aromatic rings. The van der Waals surface area contributed by atoms with Gasteiger partial charge in [0, 0.05) is 18.5 Å². The van der Waals surface area contributed by atoms with Gasteiger partial charge in [0.25, 0.3) is 0 Å². The minimum absolute atomic E-state index is 0.337. The van der Waals surface area contributed by atoms with Crippen LogP contribution >= 0.6 is 0 Å². The van der Waals surface area contributed by atoms with E-state index in [0.29, 0.717) is 18.5 Å². The highest BCUT2D eigenvalue weighted by Crippen LogP contribution is 2.12. The van der Waals surface area contributed by atoms with Gasteiger partial charge < -0.3 is 10.4 Å². The molecule has 0 bridgehead atoms. The van der Waals surface area contributed by atoms with Crippen molar-refractivity contribution >= 4 is 5.97 Å². The van der Waals surface area contributed by atoms with Crippen molar-refractivity contribution in [2.24, 2.45) is 0 Å². The molecule has 0 aliphatic carbocycles. The van der Waals surface area contributed by atoms with E-state index in [4.69, 9.17) is 5.11 Å². The number of rotatable bonds is 24. The summed E-state index contributed by atoms with van der Waals surface area (Å²) in [5.41, 5.74) is 0. The van der Waals surface area contributed by atoms with Crippen LogP contribution in [0.1, 0.15) is 176 Å². The van der Waals surface area contributed by atoms with Crippen molar-refractivity contribution in [2.45, 2.75) is 188 Å². The van der Waals surface area contributed by atoms with Crippen LogP contribution < -0.4 is 5.32 Å². The fourth-order valence-corrected chi connectivity index (χ4v) is 4.35. The molecule has 3 nitrogen and oxygen atoms in total. The van der Waals surface area contributed by atoms with Crippen LogP contribution in [-0.2, 0) is 4.79 Å². The van der Waals surface area contributed by atoms with Gasteiger partial charge in [-0.1, -0.05) is 136 Å². The van der Waals surface area contributed by atoms with Crippen molar-refractivity contribution in [3.05, 3.63) is 0 Å². The van der Waals surface area contributed by atoms with Gasteiger partial charge in [0.05, 0.1) is 0 Å². The molecule has 0 radical (unpaired) electrons. The first-order chi connectivity index (χ1) is 16.0. The Kier molecular flexibility index (Phi) is 30.9. The van der Waals surface area contributed by atoms with E-state index in [1.54, 1.807) is 0 Å². The average Bonchev–Trinajstić information content (AvgIpc) is 2.78. The molecular formula is C30H63NO2. The maximum atomic E-state index is 10.0. The molecule has 2 unspecified atom stereocenters. The predicted molar refractivity (Wildman–Crippen MR) is 148 cm³/mol. The highest BCUT2D eigenvalue weighted by molar-refractivity contribution is 5.66. The van der Waals surface area contributed by atoms with Crippen LogP contribution in [0.25, 0.3) is 0 Å². The largest absolute Gasteiger partial charge is 0.481 e. The second-order valence-electron chi connectivity index (χ2n) is 10.3. The van der Waals surface area contributed by atoms with E-state index in [9.17, 15) is 4.79 Å². The third kappa shape index (κ3) is 33.7. The van der Waals surface area contributed by atoms with E-state index in [2.05, 4.69) is 39.9 Å². The van der Waals surface area contributed by atoms with Gasteiger partial charge in [-0.05, 0) is 33.1 Å². The molecule has 2 atom stereocenters. The van der Waals surface area contributed by atoms with Gasteiger partial charge in [-0.25, -0.2) is 0 Å². The van der Waals surface area contributed by atoms with Crippen LogP contribution in [-0.4, -0.2) is 23.2 Å². The van der Waals surface area contributed by atoms with Crippen molar-refractivity contribution in [1.82, 2.24) is 5.32 Å². The first-order valence-electron chi connectivity index (χ1n) is 15.0. The van der Waals surface area contributed by atoms with Crippen LogP contribution in [0.15, 0.2) is 0 Å². The molecule has 0 aliphatic rings. The van der Waals surface area contributed by atoms with Crippen LogP contribution in [0.5, 0.6) is 0 Å². The lowest BCUT2D eigenvalue weighted by Crippen LogP contribution is -2.34. The Morgan fingerprint density at radius 2 is 0.848 bits per heavy atom. The number of carbonyl (C=O) groups is 1. The highest BCUT2D eigenvalue weighted by Gasteiger charge is 2.07. The Hall–Kier alpha value is -0.570. The second kappa shape index (κ2) is 29.5. The molecule has 0 aromatic carbocycles. The Bertz CT molecular complexity index is 350. The summed E-state index contributed by atoms with van der Waals surface area (Å²) in [6, 6.07) is 1.40. The van der Waals surface area contributed by atoms with Gasteiger partial charge >= 0.3 is 5.97 Å². The summed E-state index contributed by atoms with van der Waals surface area (Å²) >= 11 is 0. The van der Waals surface area contributed by atoms with Crippen molar-refractivity contribution in [3.8, 4) is 0 Å². The maximum Gasteiger partial charge on any atom is 0.303 e. The molecule has 0 saturated heterocycles. The SMILES string of the molecule is CCCCCCCC(=O)O.CCCCCCCCCC(C)NC(C)CCCCCCCCC. The molecule has 33 heavy (non-hydrogen) atoms. The van der Waals surface area contributed by atoms with Crippen molar-refractivity contribution < 1.29 is 9.90 Å². The summed E-state index contributed by atoms with van der Waals surface area (Å²) in [5.74, 6) is -0.670. The highest BCUT2D eigenvalue weighted by atomic mass is 16.4. The van der Waals surface area contributed by atoms with E-state index >= 15 is 0 Å². The third-order valence-corrected chi connectivity index (χ3v) is 6.54. The quantitative estimate of drug-likeness (QED) is 0.138. The fourth-order valence-electron chi connectivity index (χ4n) is 4.35. The summed E-state index contributed by atoms with van der Waals surface area (Å²) in [6.45, 7) is 11.5. The second-order valence-corrected chi connectivity index (χ2v) is 10.3. The van der Waals surface area contributed by atoms with Crippen molar-refractivity contribution in [2.75, 3.05) is 0 Å². The van der Waals surface area contributed by atoms with E-state index in [-0.39, 0.29) is 0 Å². The Labute approximate surface area is 209 Å². The number of unbranched alkanes of at least 4 members (excludes halogenated alkanes) is 16. The van der Waals surface area contributed by atoms with Crippen molar-refractivity contribution in [1.29, 1.82) is 0 Å². The van der Waals surface area contributed by atoms with Crippen LogP contribution in [0, 0.1) is 0 Å². The first-order valence-corrected chi connectivity index (χ1v) is 15.0. The standard InChI is InChI=1S/C22H47N.C8H16O2/c1-5-7-9-11-13-15-17-19-21(3)23-22(4)20-18-16-14-12-10-8-6-2;1-2-3-4-5-6-7-8(9)10/h21-23H,5-20H2,1-4H3;2-7H2,1H3,(H,9,10). The molecular weight excluding hydrogens is 406 g/mol. The third-order valence-electron chi connectivity index (χ3n) is 6.54. The van der Waals surface area contributed by atoms with E-state index < -0.39 is 5.97 Å². The van der Waals surface area contributed by atoms with Gasteiger partial charge in [-0.15, -0.1) is 0 Å². The molecule has 200 valence electrons. The molecule has 2 N–H and O–H groups in total. The molecule has 3 heteroatoms. The van der Waals surface area contributed by atoms with Gasteiger partial charge in [0.1, 0.15) is 0 Å². The normalized spacial score (nSPS) is 12.8. The molecule has 0 spiro atoms. The van der Waals surface area contributed by atoms with Gasteiger partial charge in [0.15, 0.2) is 0 Å². The monoisotopic (exact) mass is 469 g/mol. The molecule has 0 rings (SSSR count). The lowest BCUT2D eigenvalue weighted by atomic mass is 10.0. The van der Waals surface area contributed by atoms with E-state index in [1.165, 1.54) is 122 Å². The Morgan fingerprint density at radius 1 is 0.545 bits per heavy atom. The lowest BCUT2D eigenvalue weighted by molar-refractivity contribution is -0.137. The summed E-state index contributed by atoms with van der Waals surface area (Å²) in [4.78, 5) is 10.0. The molecule has 0 fully saturated rings. The number of aliphatic carboxylic acids is 1. The number of nitrogens with one attached hydrogen (secondary N) is 1. The maximum absolute atomic E-state index is 10.0. The van der Waals surface area contributed by atoms with Crippen LogP contribution in [0.3, 0.4) is 0 Å². The zero-order chi connectivity index (χ0) is 25.0. The van der Waals surface area contributed by atoms with Gasteiger partial charge in [-0.3, -0.25) is 4.79 Å². The first kappa shape index (κ1) is 34.6. The fraction of sp³-hybridized carbons (Fsp3) is 0.967. The summed E-state index contributed by atoms with van der Waals surface area (Å²) in [7, 11) is 0. The molecule has 0 aliphatic heterocycles. The smallest absolute Gasteiger partial charge is 0.303 e. The molecule has 0 aromatic heterocycles. The van der Waals surface area contributed by atoms with E-state index in [0.717, 1.165) is 12.8 Å². The van der Waals surface area contributed by atoms with Crippen LogP contribution in [0.4, 0.5) is 0 Å². The topological polar surface area (TPSA) is 49.3 Å². The minimum atomic E-state index is -0.670. The molecule has 0 heterocycles. The lowest BCUT2D eigenvalue weighted by Gasteiger charge is -2.20. The number of hydrogen-bond donors (Lipinski definition) is 2. The Morgan fingerprint density at radius 3 is 1.18 bits per heavy atom. The molecule has 0 amide bonds. The van der Waals surface area contributed by atoms with Gasteiger partial charge in [-0.2, -0.15) is 0 Å².